The minimum Gasteiger partial charge on any atom is -0.403 e. The summed E-state index contributed by atoms with van der Waals surface area (Å²) in [6.07, 6.45) is 3.62. The van der Waals surface area contributed by atoms with Gasteiger partial charge in [-0.15, -0.1) is 0 Å². The van der Waals surface area contributed by atoms with Crippen LogP contribution in [0.1, 0.15) is 108 Å². The van der Waals surface area contributed by atoms with Crippen LogP contribution in [0.5, 0.6) is 0 Å². The molecule has 2 bridgehead atoms. The van der Waals surface area contributed by atoms with Gasteiger partial charge in [-0.1, -0.05) is 63.6 Å². The standard InChI is InChI=1S/C45H70BN9O8/c1-6-7-11-27-14-16-28(17-15-27)29-18-20-30(21-19-29)38(57)51-33(13-10-23-48)39(58)53-36(26(2)56)41(60)54-37(49)42(61)52-32(12-8-9-22-47)40(59)55-43(50)46-62-35-25-31-24-34(44(31,3)4)45(35,5)63-46/h14-21,26,31-37,43,56H,6-13,22-25,47-50H2,1-5H3,(H,51,57)(H,52,61)(H,53,58)(H,54,60)(H,55,59)/t26-,31+,32+,33+,34+,35?,36+,37-,43-,45+/m1/s1. The number of benzene rings is 2. The maximum absolute atomic E-state index is 13.6. The minimum absolute atomic E-state index is 0.116. The molecule has 6 rings (SSSR count). The molecule has 17 nitrogen and oxygen atoms in total. The quantitative estimate of drug-likeness (QED) is 0.0427. The molecule has 0 aromatic heterocycles. The van der Waals surface area contributed by atoms with E-state index in [0.717, 1.165) is 43.2 Å². The zero-order valence-corrected chi connectivity index (χ0v) is 37.5. The molecule has 18 heteroatoms. The second kappa shape index (κ2) is 22.0. The van der Waals surface area contributed by atoms with Gasteiger partial charge in [0.05, 0.1) is 17.8 Å². The molecule has 3 aliphatic carbocycles. The number of rotatable bonds is 23. The minimum atomic E-state index is -1.69. The van der Waals surface area contributed by atoms with E-state index in [9.17, 15) is 29.1 Å². The highest BCUT2D eigenvalue weighted by molar-refractivity contribution is 6.47. The molecule has 1 unspecified atom stereocenters. The van der Waals surface area contributed by atoms with E-state index in [2.05, 4.69) is 59.5 Å². The molecule has 1 heterocycles. The van der Waals surface area contributed by atoms with Gasteiger partial charge in [0.25, 0.3) is 11.8 Å². The number of nitrogens with one attached hydrogen (secondary N) is 5. The number of hydrogen-bond donors (Lipinski definition) is 10. The van der Waals surface area contributed by atoms with Crippen LogP contribution in [0, 0.1) is 17.3 Å². The predicted molar refractivity (Wildman–Crippen MR) is 241 cm³/mol. The average molecular weight is 876 g/mol. The van der Waals surface area contributed by atoms with Crippen molar-refractivity contribution in [1.29, 1.82) is 0 Å². The van der Waals surface area contributed by atoms with Crippen molar-refractivity contribution >= 4 is 36.7 Å². The number of nitrogens with two attached hydrogens (primary N) is 4. The number of carbonyl (C=O) groups is 5. The summed E-state index contributed by atoms with van der Waals surface area (Å²) in [7, 11) is -0.896. The molecule has 14 N–H and O–H groups in total. The van der Waals surface area contributed by atoms with Crippen molar-refractivity contribution in [3.63, 3.8) is 0 Å². The van der Waals surface area contributed by atoms with E-state index in [1.807, 2.05) is 31.2 Å². The van der Waals surface area contributed by atoms with Crippen LogP contribution in [-0.2, 0) is 34.9 Å². The van der Waals surface area contributed by atoms with Crippen molar-refractivity contribution in [2.45, 2.75) is 147 Å². The third-order valence-corrected chi connectivity index (χ3v) is 13.4. The van der Waals surface area contributed by atoms with Gasteiger partial charge < -0.3 is 63.9 Å². The molecule has 5 amide bonds. The first-order chi connectivity index (χ1) is 29.9. The normalized spacial score (nSPS) is 23.7. The summed E-state index contributed by atoms with van der Waals surface area (Å²) in [5.41, 5.74) is 27.1. The first-order valence-corrected chi connectivity index (χ1v) is 22.6. The fourth-order valence-corrected chi connectivity index (χ4v) is 9.27. The number of aliphatic hydroxyl groups excluding tert-OH is 1. The molecule has 10 atom stereocenters. The van der Waals surface area contributed by atoms with Gasteiger partial charge >= 0.3 is 7.12 Å². The molecule has 2 aromatic rings. The first-order valence-electron chi connectivity index (χ1n) is 22.6. The molecule has 1 aliphatic heterocycles. The SMILES string of the molecule is CCCCc1ccc(-c2ccc(C(=O)N[C@@H](CCCN)C(=O)N[C@H](C(=O)N[C@@H](N)C(=O)N[C@@H](CCCCN)C(=O)N[C@@H](N)B3OC4C[C@@H]5C[C@@H](C5(C)C)[C@]4(C)O3)[C@@H](C)O)cc2)cc1. The summed E-state index contributed by atoms with van der Waals surface area (Å²) in [6.45, 7) is 10.6. The largest absolute Gasteiger partial charge is 0.497 e. The van der Waals surface area contributed by atoms with Crippen LogP contribution < -0.4 is 49.5 Å². The smallest absolute Gasteiger partial charge is 0.403 e. The lowest BCUT2D eigenvalue weighted by atomic mass is 9.43. The summed E-state index contributed by atoms with van der Waals surface area (Å²) < 4.78 is 12.6. The number of carbonyl (C=O) groups excluding carboxylic acids is 5. The molecule has 4 aliphatic rings. The van der Waals surface area contributed by atoms with E-state index in [-0.39, 0.29) is 30.9 Å². The van der Waals surface area contributed by atoms with Crippen LogP contribution in [0.4, 0.5) is 0 Å². The van der Waals surface area contributed by atoms with Crippen LogP contribution in [0.15, 0.2) is 48.5 Å². The second-order valence-corrected chi connectivity index (χ2v) is 18.3. The van der Waals surface area contributed by atoms with Crippen LogP contribution in [-0.4, -0.2) is 103 Å². The summed E-state index contributed by atoms with van der Waals surface area (Å²) in [6, 6.07) is 10.4. The second-order valence-electron chi connectivity index (χ2n) is 18.3. The van der Waals surface area contributed by atoms with Crippen molar-refractivity contribution in [2.75, 3.05) is 13.1 Å². The maximum atomic E-state index is 13.6. The molecule has 0 radical (unpaired) electrons. The molecule has 63 heavy (non-hydrogen) atoms. The highest BCUT2D eigenvalue weighted by Gasteiger charge is 2.68. The number of unbranched alkanes of at least 4 members (excludes halogenated alkanes) is 2. The number of aryl methyl sites for hydroxylation is 1. The van der Waals surface area contributed by atoms with Gasteiger partial charge in [-0.3, -0.25) is 24.0 Å². The lowest BCUT2D eigenvalue weighted by Gasteiger charge is -2.64. The van der Waals surface area contributed by atoms with E-state index in [1.165, 1.54) is 12.5 Å². The first kappa shape index (κ1) is 49.6. The molecular weight excluding hydrogens is 805 g/mol. The van der Waals surface area contributed by atoms with Crippen molar-refractivity contribution in [1.82, 2.24) is 26.6 Å². The van der Waals surface area contributed by atoms with Crippen LogP contribution >= 0.6 is 0 Å². The Morgan fingerprint density at radius 3 is 1.97 bits per heavy atom. The Bertz CT molecular complexity index is 1890. The third-order valence-electron chi connectivity index (χ3n) is 13.4. The maximum Gasteiger partial charge on any atom is 0.497 e. The zero-order chi connectivity index (χ0) is 46.1. The van der Waals surface area contributed by atoms with Gasteiger partial charge in [0.1, 0.15) is 24.2 Å². The van der Waals surface area contributed by atoms with Gasteiger partial charge in [-0.05, 0) is 131 Å². The highest BCUT2D eigenvalue weighted by Crippen LogP contribution is 2.65. The van der Waals surface area contributed by atoms with Gasteiger partial charge in [0, 0.05) is 5.56 Å². The Hall–Kier alpha value is -4.43. The molecule has 1 saturated heterocycles. The fraction of sp³-hybridized carbons (Fsp3) is 0.622. The van der Waals surface area contributed by atoms with Gasteiger partial charge in [0.2, 0.25) is 17.7 Å². The Morgan fingerprint density at radius 1 is 0.762 bits per heavy atom. The summed E-state index contributed by atoms with van der Waals surface area (Å²) >= 11 is 0. The topological polar surface area (TPSA) is 288 Å². The molecule has 3 saturated carbocycles. The lowest BCUT2D eigenvalue weighted by molar-refractivity contribution is -0.199. The van der Waals surface area contributed by atoms with Crippen molar-refractivity contribution in [3.8, 4) is 11.1 Å². The number of hydrogen-bond acceptors (Lipinski definition) is 12. The van der Waals surface area contributed by atoms with E-state index in [0.29, 0.717) is 43.2 Å². The van der Waals surface area contributed by atoms with Gasteiger partial charge in [-0.25, -0.2) is 0 Å². The summed E-state index contributed by atoms with van der Waals surface area (Å²) in [5, 5.41) is 23.4. The number of aliphatic hydroxyl groups is 1. The Morgan fingerprint density at radius 2 is 1.37 bits per heavy atom. The Balaban J connectivity index is 1.16. The van der Waals surface area contributed by atoms with Crippen molar-refractivity contribution in [3.05, 3.63) is 59.7 Å². The molecule has 4 fully saturated rings. The van der Waals surface area contributed by atoms with E-state index in [1.54, 1.807) is 12.1 Å². The van der Waals surface area contributed by atoms with Crippen LogP contribution in [0.25, 0.3) is 11.1 Å². The average Bonchev–Trinajstić information content (AvgIpc) is 3.63. The zero-order valence-electron chi connectivity index (χ0n) is 37.5. The molecule has 0 spiro atoms. The fourth-order valence-electron chi connectivity index (χ4n) is 9.27. The van der Waals surface area contributed by atoms with Crippen molar-refractivity contribution in [2.24, 2.45) is 40.2 Å². The third kappa shape index (κ3) is 12.0. The number of amides is 5. The summed E-state index contributed by atoms with van der Waals surface area (Å²) in [5.74, 6) is -2.95. The predicted octanol–water partition coefficient (Wildman–Crippen LogP) is 1.08. The molecule has 2 aromatic carbocycles. The van der Waals surface area contributed by atoms with Gasteiger partial charge in [-0.2, -0.15) is 0 Å². The highest BCUT2D eigenvalue weighted by atomic mass is 16.7. The van der Waals surface area contributed by atoms with Crippen molar-refractivity contribution < 1.29 is 38.4 Å². The monoisotopic (exact) mass is 876 g/mol. The van der Waals surface area contributed by atoms with Crippen LogP contribution in [0.2, 0.25) is 0 Å². The molecular formula is C45H70BN9O8. The lowest BCUT2D eigenvalue weighted by Crippen LogP contribution is -2.65. The Labute approximate surface area is 371 Å². The van der Waals surface area contributed by atoms with E-state index < -0.39 is 78.7 Å². The summed E-state index contributed by atoms with van der Waals surface area (Å²) in [4.78, 5) is 67.4. The van der Waals surface area contributed by atoms with Gasteiger partial charge in [0.15, 0.2) is 6.17 Å². The Kier molecular flexibility index (Phi) is 17.3. The van der Waals surface area contributed by atoms with E-state index >= 15 is 0 Å². The van der Waals surface area contributed by atoms with E-state index in [4.69, 9.17) is 32.2 Å². The molecule has 346 valence electrons. The van der Waals surface area contributed by atoms with Crippen LogP contribution in [0.3, 0.4) is 0 Å².